The van der Waals surface area contributed by atoms with Crippen LogP contribution in [-0.2, 0) is 38.2 Å². The van der Waals surface area contributed by atoms with Crippen LogP contribution in [0.2, 0.25) is 0 Å². The monoisotopic (exact) mass is 416 g/mol. The van der Waals surface area contributed by atoms with Gasteiger partial charge in [-0.25, -0.2) is 9.59 Å². The molecule has 0 spiro atoms. The third-order valence-corrected chi connectivity index (χ3v) is 3.68. The molecule has 0 bridgehead atoms. The molecule has 1 atom stereocenters. The van der Waals surface area contributed by atoms with E-state index in [2.05, 4.69) is 5.32 Å². The summed E-state index contributed by atoms with van der Waals surface area (Å²) in [4.78, 5) is 62.2. The number of nitrogens with one attached hydrogen (secondary N) is 1. The third-order valence-electron chi connectivity index (χ3n) is 3.68. The quantitative estimate of drug-likeness (QED) is 0.263. The second-order valence-electron chi connectivity index (χ2n) is 6.20. The molecule has 0 radical (unpaired) electrons. The van der Waals surface area contributed by atoms with E-state index in [1.54, 1.807) is 6.92 Å². The highest BCUT2D eigenvalue weighted by atomic mass is 16.7. The molecule has 0 aliphatic carbocycles. The van der Waals surface area contributed by atoms with Crippen LogP contribution in [0.4, 0.5) is 4.79 Å². The molecular formula is C18H28N2O9. The SMILES string of the molecule is CCCC(=O)OCC(COC(=O)NCC)OCCCC(=O)ON1C(=O)CCC1=O. The van der Waals surface area contributed by atoms with Crippen molar-refractivity contribution in [3.05, 3.63) is 0 Å². The van der Waals surface area contributed by atoms with Gasteiger partial charge in [-0.3, -0.25) is 14.4 Å². The van der Waals surface area contributed by atoms with E-state index in [1.165, 1.54) is 0 Å². The van der Waals surface area contributed by atoms with E-state index in [0.29, 0.717) is 18.0 Å². The van der Waals surface area contributed by atoms with Gasteiger partial charge in [-0.2, -0.15) is 0 Å². The summed E-state index contributed by atoms with van der Waals surface area (Å²) in [6, 6.07) is 0. The first kappa shape index (κ1) is 24.3. The Kier molecular flexibility index (Phi) is 11.3. The zero-order valence-corrected chi connectivity index (χ0v) is 16.8. The van der Waals surface area contributed by atoms with E-state index in [4.69, 9.17) is 19.0 Å². The smallest absolute Gasteiger partial charge is 0.407 e. The molecule has 29 heavy (non-hydrogen) atoms. The van der Waals surface area contributed by atoms with Crippen molar-refractivity contribution in [3.63, 3.8) is 0 Å². The average Bonchev–Trinajstić information content (AvgIpc) is 2.99. The number of rotatable bonds is 13. The van der Waals surface area contributed by atoms with Crippen LogP contribution in [0.1, 0.15) is 52.4 Å². The Hall–Kier alpha value is -2.69. The van der Waals surface area contributed by atoms with Gasteiger partial charge < -0.3 is 24.4 Å². The summed E-state index contributed by atoms with van der Waals surface area (Å²) < 4.78 is 15.6. The minimum absolute atomic E-state index is 0.0270. The number of hydroxylamine groups is 2. The van der Waals surface area contributed by atoms with Gasteiger partial charge in [-0.05, 0) is 19.8 Å². The van der Waals surface area contributed by atoms with Crippen molar-refractivity contribution in [2.45, 2.75) is 58.5 Å². The van der Waals surface area contributed by atoms with Crippen LogP contribution in [0.5, 0.6) is 0 Å². The Morgan fingerprint density at radius 3 is 2.28 bits per heavy atom. The summed E-state index contributed by atoms with van der Waals surface area (Å²) >= 11 is 0. The van der Waals surface area contributed by atoms with Crippen LogP contribution in [0.25, 0.3) is 0 Å². The first-order valence-electron chi connectivity index (χ1n) is 9.61. The van der Waals surface area contributed by atoms with Crippen molar-refractivity contribution in [1.29, 1.82) is 0 Å². The van der Waals surface area contributed by atoms with E-state index >= 15 is 0 Å². The van der Waals surface area contributed by atoms with Crippen LogP contribution < -0.4 is 5.32 Å². The Balaban J connectivity index is 2.35. The highest BCUT2D eigenvalue weighted by Gasteiger charge is 2.32. The molecule has 164 valence electrons. The molecule has 3 amide bonds. The molecule has 11 heteroatoms. The number of amides is 3. The topological polar surface area (TPSA) is 138 Å². The lowest BCUT2D eigenvalue weighted by atomic mass is 10.3. The van der Waals surface area contributed by atoms with E-state index in [-0.39, 0.29) is 57.9 Å². The van der Waals surface area contributed by atoms with Gasteiger partial charge in [-0.1, -0.05) is 6.92 Å². The number of hydrogen-bond donors (Lipinski definition) is 1. The number of alkyl carbamates (subject to hydrolysis) is 1. The zero-order chi connectivity index (χ0) is 21.6. The summed E-state index contributed by atoms with van der Waals surface area (Å²) in [6.07, 6.45) is -0.209. The van der Waals surface area contributed by atoms with Gasteiger partial charge >= 0.3 is 18.0 Å². The standard InChI is InChI=1S/C18H28N2O9/c1-3-6-16(23)27-11-13(12-28-18(25)19-4-2)26-10-5-7-17(24)29-20-14(21)8-9-15(20)22/h13H,3-12H2,1-2H3,(H,19,25). The Labute approximate surface area is 168 Å². The van der Waals surface area contributed by atoms with Gasteiger partial charge in [0.05, 0.1) is 6.42 Å². The second-order valence-corrected chi connectivity index (χ2v) is 6.20. The maximum atomic E-state index is 11.7. The molecule has 1 unspecified atom stereocenters. The molecule has 1 fully saturated rings. The normalized spacial score (nSPS) is 14.5. The summed E-state index contributed by atoms with van der Waals surface area (Å²) in [5, 5.41) is 2.95. The maximum Gasteiger partial charge on any atom is 0.407 e. The lowest BCUT2D eigenvalue weighted by Crippen LogP contribution is -2.33. The number of esters is 1. The Bertz CT molecular complexity index is 556. The van der Waals surface area contributed by atoms with Crippen molar-refractivity contribution in [1.82, 2.24) is 10.4 Å². The van der Waals surface area contributed by atoms with Gasteiger partial charge in [0.25, 0.3) is 11.8 Å². The molecule has 1 aliphatic rings. The van der Waals surface area contributed by atoms with Gasteiger partial charge in [0.1, 0.15) is 19.3 Å². The highest BCUT2D eigenvalue weighted by Crippen LogP contribution is 2.13. The van der Waals surface area contributed by atoms with E-state index in [9.17, 15) is 24.0 Å². The number of carbonyl (C=O) groups excluding carboxylic acids is 5. The first-order chi connectivity index (χ1) is 13.9. The summed E-state index contributed by atoms with van der Waals surface area (Å²) in [7, 11) is 0. The number of ether oxygens (including phenoxy) is 3. The molecule has 0 aromatic heterocycles. The maximum absolute atomic E-state index is 11.7. The third kappa shape index (κ3) is 9.88. The molecule has 1 N–H and O–H groups in total. The van der Waals surface area contributed by atoms with Crippen molar-refractivity contribution in [2.75, 3.05) is 26.4 Å². The zero-order valence-electron chi connectivity index (χ0n) is 16.8. The fourth-order valence-electron chi connectivity index (χ4n) is 2.24. The molecule has 11 nitrogen and oxygen atoms in total. The number of imide groups is 1. The lowest BCUT2D eigenvalue weighted by molar-refractivity contribution is -0.197. The van der Waals surface area contributed by atoms with Gasteiger partial charge in [0.15, 0.2) is 0 Å². The van der Waals surface area contributed by atoms with Gasteiger partial charge in [-0.15, -0.1) is 5.06 Å². The van der Waals surface area contributed by atoms with E-state index in [1.807, 2.05) is 6.92 Å². The number of hydrogen-bond acceptors (Lipinski definition) is 9. The minimum atomic E-state index is -0.735. The average molecular weight is 416 g/mol. The summed E-state index contributed by atoms with van der Waals surface area (Å²) in [5.41, 5.74) is 0. The van der Waals surface area contributed by atoms with Gasteiger partial charge in [0, 0.05) is 32.4 Å². The van der Waals surface area contributed by atoms with Crippen LogP contribution in [0.3, 0.4) is 0 Å². The molecule has 0 aromatic carbocycles. The molecule has 0 aromatic rings. The molecule has 1 heterocycles. The van der Waals surface area contributed by atoms with Crippen LogP contribution >= 0.6 is 0 Å². The lowest BCUT2D eigenvalue weighted by Gasteiger charge is -2.18. The van der Waals surface area contributed by atoms with Crippen molar-refractivity contribution >= 4 is 29.8 Å². The summed E-state index contributed by atoms with van der Waals surface area (Å²) in [6.45, 7) is 3.84. The van der Waals surface area contributed by atoms with Crippen molar-refractivity contribution < 1.29 is 43.0 Å². The molecule has 0 saturated carbocycles. The number of nitrogens with zero attached hydrogens (tertiary/aromatic N) is 1. The van der Waals surface area contributed by atoms with E-state index in [0.717, 1.165) is 0 Å². The van der Waals surface area contributed by atoms with Crippen molar-refractivity contribution in [3.8, 4) is 0 Å². The summed E-state index contributed by atoms with van der Waals surface area (Å²) in [5.74, 6) is -2.21. The van der Waals surface area contributed by atoms with Crippen molar-refractivity contribution in [2.24, 2.45) is 0 Å². The molecule has 1 saturated heterocycles. The Morgan fingerprint density at radius 2 is 1.66 bits per heavy atom. The highest BCUT2D eigenvalue weighted by molar-refractivity contribution is 6.01. The predicted molar refractivity (Wildman–Crippen MR) is 97.0 cm³/mol. The van der Waals surface area contributed by atoms with Crippen LogP contribution in [0, 0.1) is 0 Å². The van der Waals surface area contributed by atoms with E-state index < -0.39 is 30.0 Å². The molecule has 1 aliphatic heterocycles. The fraction of sp³-hybridized carbons (Fsp3) is 0.722. The fourth-order valence-corrected chi connectivity index (χ4v) is 2.24. The minimum Gasteiger partial charge on any atom is -0.463 e. The van der Waals surface area contributed by atoms with Crippen LogP contribution in [0.15, 0.2) is 0 Å². The second kappa shape index (κ2) is 13.5. The largest absolute Gasteiger partial charge is 0.463 e. The van der Waals surface area contributed by atoms with Gasteiger partial charge in [0.2, 0.25) is 0 Å². The first-order valence-corrected chi connectivity index (χ1v) is 9.61. The number of carbonyl (C=O) groups is 5. The predicted octanol–water partition coefficient (Wildman–Crippen LogP) is 0.848. The molecule has 1 rings (SSSR count). The van der Waals surface area contributed by atoms with Crippen LogP contribution in [-0.4, -0.2) is 67.4 Å². The Morgan fingerprint density at radius 1 is 1.00 bits per heavy atom. The molecular weight excluding hydrogens is 388 g/mol.